The molecule has 1 aliphatic rings. The largest absolute Gasteiger partial charge is 0.493 e. The first-order chi connectivity index (χ1) is 12.5. The Labute approximate surface area is 153 Å². The van der Waals surface area contributed by atoms with Crippen LogP contribution >= 0.6 is 0 Å². The summed E-state index contributed by atoms with van der Waals surface area (Å²) in [5, 5.41) is 2.97. The van der Waals surface area contributed by atoms with Crippen molar-refractivity contribution < 1.29 is 23.7 Å². The number of carbonyl (C=O) groups is 1. The Morgan fingerprint density at radius 1 is 1.00 bits per heavy atom. The average Bonchev–Trinajstić information content (AvgIpc) is 3.09. The van der Waals surface area contributed by atoms with Crippen molar-refractivity contribution in [3.63, 3.8) is 0 Å². The number of hydrogen-bond acceptors (Lipinski definition) is 5. The van der Waals surface area contributed by atoms with Gasteiger partial charge >= 0.3 is 0 Å². The van der Waals surface area contributed by atoms with Crippen LogP contribution in [0.1, 0.15) is 25.3 Å². The van der Waals surface area contributed by atoms with Crippen LogP contribution in [0.25, 0.3) is 0 Å². The van der Waals surface area contributed by atoms with Crippen molar-refractivity contribution in [2.75, 3.05) is 26.3 Å². The fourth-order valence-corrected chi connectivity index (χ4v) is 3.08. The summed E-state index contributed by atoms with van der Waals surface area (Å²) in [6, 6.07) is 10.9. The zero-order valence-electron chi connectivity index (χ0n) is 15.4. The molecular weight excluding hydrogens is 334 g/mol. The second-order valence-electron chi connectivity index (χ2n) is 6.39. The van der Waals surface area contributed by atoms with Crippen molar-refractivity contribution in [2.24, 2.45) is 5.92 Å². The lowest BCUT2D eigenvalue weighted by Crippen LogP contribution is -2.25. The lowest BCUT2D eigenvalue weighted by molar-refractivity contribution is -0.118. The Kier molecular flexibility index (Phi) is 5.21. The highest BCUT2D eigenvalue weighted by atomic mass is 16.7. The first-order valence-corrected chi connectivity index (χ1v) is 8.46. The first-order valence-electron chi connectivity index (χ1n) is 8.46. The molecule has 0 spiro atoms. The molecule has 6 heteroatoms. The molecule has 0 saturated heterocycles. The van der Waals surface area contributed by atoms with E-state index in [-0.39, 0.29) is 24.5 Å². The van der Waals surface area contributed by atoms with E-state index in [9.17, 15) is 4.79 Å². The van der Waals surface area contributed by atoms with E-state index >= 15 is 0 Å². The van der Waals surface area contributed by atoms with Gasteiger partial charge in [-0.2, -0.15) is 0 Å². The molecular formula is C20H23NO5. The van der Waals surface area contributed by atoms with E-state index < -0.39 is 0 Å². The standard InChI is InChI=1S/C20H23NO5/c1-12(2)19(13-5-7-15(23-3)17(9-13)24-4)20(22)21-14-6-8-16-18(10-14)26-11-25-16/h5-10,12,19H,11H2,1-4H3,(H,21,22). The molecule has 1 N–H and O–H groups in total. The van der Waals surface area contributed by atoms with E-state index in [4.69, 9.17) is 18.9 Å². The van der Waals surface area contributed by atoms with E-state index in [0.717, 1.165) is 5.56 Å². The number of ether oxygens (including phenoxy) is 4. The molecule has 0 saturated carbocycles. The molecule has 1 aliphatic heterocycles. The normalized spacial score (nSPS) is 13.4. The fraction of sp³-hybridized carbons (Fsp3) is 0.350. The van der Waals surface area contributed by atoms with Gasteiger partial charge in [0.1, 0.15) is 0 Å². The third kappa shape index (κ3) is 3.54. The van der Waals surface area contributed by atoms with Crippen molar-refractivity contribution in [1.82, 2.24) is 0 Å². The lowest BCUT2D eigenvalue weighted by Gasteiger charge is -2.22. The second-order valence-corrected chi connectivity index (χ2v) is 6.39. The monoisotopic (exact) mass is 357 g/mol. The molecule has 1 heterocycles. The minimum Gasteiger partial charge on any atom is -0.493 e. The SMILES string of the molecule is COc1ccc(C(C(=O)Nc2ccc3c(c2)OCO3)C(C)C)cc1OC. The maximum absolute atomic E-state index is 13.0. The van der Waals surface area contributed by atoms with E-state index in [2.05, 4.69) is 5.32 Å². The number of anilines is 1. The molecule has 6 nitrogen and oxygen atoms in total. The molecule has 0 aliphatic carbocycles. The molecule has 138 valence electrons. The van der Waals surface area contributed by atoms with Crippen LogP contribution in [-0.4, -0.2) is 26.9 Å². The number of carbonyl (C=O) groups excluding carboxylic acids is 1. The number of benzene rings is 2. The maximum atomic E-state index is 13.0. The Morgan fingerprint density at radius 3 is 2.42 bits per heavy atom. The van der Waals surface area contributed by atoms with Crippen LogP contribution in [0.5, 0.6) is 23.0 Å². The van der Waals surface area contributed by atoms with Gasteiger partial charge in [-0.1, -0.05) is 19.9 Å². The second kappa shape index (κ2) is 7.56. The average molecular weight is 357 g/mol. The van der Waals surface area contributed by atoms with Crippen LogP contribution in [0.3, 0.4) is 0 Å². The van der Waals surface area contributed by atoms with Crippen LogP contribution in [0.15, 0.2) is 36.4 Å². The maximum Gasteiger partial charge on any atom is 0.232 e. The van der Waals surface area contributed by atoms with Crippen molar-refractivity contribution in [1.29, 1.82) is 0 Å². The molecule has 2 aromatic rings. The summed E-state index contributed by atoms with van der Waals surface area (Å²) in [6.45, 7) is 4.23. The minimum absolute atomic E-state index is 0.0916. The summed E-state index contributed by atoms with van der Waals surface area (Å²) >= 11 is 0. The molecule has 0 aromatic heterocycles. The molecule has 1 unspecified atom stereocenters. The topological polar surface area (TPSA) is 66.0 Å². The van der Waals surface area contributed by atoms with Gasteiger partial charge in [0.2, 0.25) is 12.7 Å². The quantitative estimate of drug-likeness (QED) is 0.851. The third-order valence-electron chi connectivity index (χ3n) is 4.36. The van der Waals surface area contributed by atoms with E-state index in [1.807, 2.05) is 32.0 Å². The third-order valence-corrected chi connectivity index (χ3v) is 4.36. The molecule has 1 atom stereocenters. The molecule has 0 bridgehead atoms. The molecule has 0 fully saturated rings. The number of methoxy groups -OCH3 is 2. The summed E-state index contributed by atoms with van der Waals surface area (Å²) in [7, 11) is 3.17. The summed E-state index contributed by atoms with van der Waals surface area (Å²) in [5.41, 5.74) is 1.54. The molecule has 2 aromatic carbocycles. The zero-order valence-corrected chi connectivity index (χ0v) is 15.4. The van der Waals surface area contributed by atoms with Gasteiger partial charge in [0, 0.05) is 11.8 Å². The Bertz CT molecular complexity index is 803. The minimum atomic E-state index is -0.333. The highest BCUT2D eigenvalue weighted by Crippen LogP contribution is 2.36. The molecule has 0 radical (unpaired) electrons. The summed E-state index contributed by atoms with van der Waals surface area (Å²) in [4.78, 5) is 13.0. The van der Waals surface area contributed by atoms with Gasteiger partial charge < -0.3 is 24.3 Å². The van der Waals surface area contributed by atoms with Gasteiger partial charge in [-0.25, -0.2) is 0 Å². The fourth-order valence-electron chi connectivity index (χ4n) is 3.08. The molecule has 1 amide bonds. The van der Waals surface area contributed by atoms with Gasteiger partial charge in [0.05, 0.1) is 20.1 Å². The van der Waals surface area contributed by atoms with E-state index in [1.165, 1.54) is 0 Å². The highest BCUT2D eigenvalue weighted by molar-refractivity contribution is 5.96. The van der Waals surface area contributed by atoms with Gasteiger partial charge in [-0.15, -0.1) is 0 Å². The van der Waals surface area contributed by atoms with Crippen LogP contribution in [0.4, 0.5) is 5.69 Å². The summed E-state index contributed by atoms with van der Waals surface area (Å²) in [6.07, 6.45) is 0. The lowest BCUT2D eigenvalue weighted by atomic mass is 9.87. The van der Waals surface area contributed by atoms with Crippen molar-refractivity contribution >= 4 is 11.6 Å². The number of amides is 1. The van der Waals surface area contributed by atoms with Gasteiger partial charge in [-0.3, -0.25) is 4.79 Å². The predicted octanol–water partition coefficient (Wildman–Crippen LogP) is 3.81. The molecule has 26 heavy (non-hydrogen) atoms. The predicted molar refractivity (Wildman–Crippen MR) is 98.3 cm³/mol. The van der Waals surface area contributed by atoms with Crippen LogP contribution < -0.4 is 24.3 Å². The van der Waals surface area contributed by atoms with Gasteiger partial charge in [-0.05, 0) is 35.7 Å². The van der Waals surface area contributed by atoms with Crippen LogP contribution in [-0.2, 0) is 4.79 Å². The highest BCUT2D eigenvalue weighted by Gasteiger charge is 2.26. The van der Waals surface area contributed by atoms with Crippen LogP contribution in [0, 0.1) is 5.92 Å². The Hall–Kier alpha value is -2.89. The smallest absolute Gasteiger partial charge is 0.232 e. The zero-order chi connectivity index (χ0) is 18.7. The van der Waals surface area contributed by atoms with Crippen molar-refractivity contribution in [3.05, 3.63) is 42.0 Å². The van der Waals surface area contributed by atoms with Gasteiger partial charge in [0.15, 0.2) is 23.0 Å². The van der Waals surface area contributed by atoms with Crippen LogP contribution in [0.2, 0.25) is 0 Å². The molecule has 3 rings (SSSR count). The van der Waals surface area contributed by atoms with Crippen molar-refractivity contribution in [3.8, 4) is 23.0 Å². The first kappa shape index (κ1) is 17.9. The number of rotatable bonds is 6. The summed E-state index contributed by atoms with van der Waals surface area (Å²) in [5.74, 6) is 2.23. The van der Waals surface area contributed by atoms with E-state index in [1.54, 1.807) is 32.4 Å². The Morgan fingerprint density at radius 2 is 1.73 bits per heavy atom. The number of fused-ring (bicyclic) bond motifs is 1. The van der Waals surface area contributed by atoms with E-state index in [0.29, 0.717) is 28.7 Å². The summed E-state index contributed by atoms with van der Waals surface area (Å²) < 4.78 is 21.3. The number of nitrogens with one attached hydrogen (secondary N) is 1. The Balaban J connectivity index is 1.84. The number of hydrogen-bond donors (Lipinski definition) is 1. The van der Waals surface area contributed by atoms with Gasteiger partial charge in [0.25, 0.3) is 0 Å². The van der Waals surface area contributed by atoms with Crippen molar-refractivity contribution in [2.45, 2.75) is 19.8 Å².